The van der Waals surface area contributed by atoms with Crippen molar-refractivity contribution in [2.45, 2.75) is 44.8 Å². The van der Waals surface area contributed by atoms with Crippen molar-refractivity contribution >= 4 is 38.5 Å². The number of para-hydroxylation sites is 1. The monoisotopic (exact) mass is 354 g/mol. The summed E-state index contributed by atoms with van der Waals surface area (Å²) < 4.78 is 26.1. The zero-order valence-corrected chi connectivity index (χ0v) is 15.1. The number of sulfonamides is 1. The number of hydrogen-bond acceptors (Lipinski definition) is 5. The Hall–Kier alpha value is -1.34. The minimum Gasteiger partial charge on any atom is -0.272 e. The zero-order chi connectivity index (χ0) is 16.9. The Labute approximate surface area is 142 Å². The number of amidine groups is 1. The normalized spacial score (nSPS) is 20.4. The molecule has 2 rings (SSSR count). The molecule has 0 bridgehead atoms. The van der Waals surface area contributed by atoms with Gasteiger partial charge in [-0.1, -0.05) is 56.7 Å². The number of benzene rings is 1. The van der Waals surface area contributed by atoms with Crippen molar-refractivity contribution in [2.75, 3.05) is 5.75 Å². The van der Waals surface area contributed by atoms with Crippen molar-refractivity contribution in [3.63, 3.8) is 0 Å². The second kappa shape index (κ2) is 7.97. The van der Waals surface area contributed by atoms with Gasteiger partial charge in [0.15, 0.2) is 5.17 Å². The SMILES string of the molecule is CCCCCS(=O)(=O)N1C(=O)[C@H](CC)SC1=Nc1ccccc1. The summed E-state index contributed by atoms with van der Waals surface area (Å²) in [7, 11) is -3.66. The van der Waals surface area contributed by atoms with Gasteiger partial charge in [-0.3, -0.25) is 4.79 Å². The standard InChI is InChI=1S/C16H22N2O3S2/c1-3-5-9-12-23(20,21)18-15(19)14(4-2)22-16(18)17-13-10-7-6-8-11-13/h6-8,10-11,14H,3-5,9,12H2,1-2H3/t14-/m0/s1. The fourth-order valence-electron chi connectivity index (χ4n) is 2.28. The lowest BCUT2D eigenvalue weighted by atomic mass is 10.3. The highest BCUT2D eigenvalue weighted by Gasteiger charge is 2.43. The summed E-state index contributed by atoms with van der Waals surface area (Å²) in [6.07, 6.45) is 2.90. The molecule has 0 aromatic heterocycles. The van der Waals surface area contributed by atoms with Gasteiger partial charge in [0.05, 0.1) is 16.7 Å². The molecule has 0 saturated carbocycles. The molecule has 0 N–H and O–H groups in total. The van der Waals surface area contributed by atoms with Crippen LogP contribution in [0.1, 0.15) is 39.5 Å². The summed E-state index contributed by atoms with van der Waals surface area (Å²) in [6.45, 7) is 3.89. The van der Waals surface area contributed by atoms with Crippen LogP contribution in [0.4, 0.5) is 5.69 Å². The van der Waals surface area contributed by atoms with Gasteiger partial charge < -0.3 is 0 Å². The molecule has 126 valence electrons. The average Bonchev–Trinajstić information content (AvgIpc) is 2.84. The highest BCUT2D eigenvalue weighted by molar-refractivity contribution is 8.17. The first-order chi connectivity index (χ1) is 11.0. The Kier molecular flexibility index (Phi) is 6.24. The van der Waals surface area contributed by atoms with E-state index in [1.165, 1.54) is 11.8 Å². The second-order valence-corrected chi connectivity index (χ2v) is 8.48. The predicted octanol–water partition coefficient (Wildman–Crippen LogP) is 3.55. The third-order valence-corrected chi connectivity index (χ3v) is 6.67. The van der Waals surface area contributed by atoms with E-state index in [0.717, 1.165) is 17.1 Å². The summed E-state index contributed by atoms with van der Waals surface area (Å²) >= 11 is 1.24. The summed E-state index contributed by atoms with van der Waals surface area (Å²) in [5.41, 5.74) is 0.647. The molecular formula is C16H22N2O3S2. The van der Waals surface area contributed by atoms with E-state index in [1.54, 1.807) is 12.1 Å². The molecule has 1 fully saturated rings. The van der Waals surface area contributed by atoms with Crippen molar-refractivity contribution < 1.29 is 13.2 Å². The molecule has 5 nitrogen and oxygen atoms in total. The van der Waals surface area contributed by atoms with Crippen LogP contribution in [0.25, 0.3) is 0 Å². The van der Waals surface area contributed by atoms with Crippen molar-refractivity contribution in [1.29, 1.82) is 0 Å². The largest absolute Gasteiger partial charge is 0.272 e. The van der Waals surface area contributed by atoms with Gasteiger partial charge in [0.25, 0.3) is 5.91 Å². The second-order valence-electron chi connectivity index (χ2n) is 5.37. The van der Waals surface area contributed by atoms with E-state index < -0.39 is 10.0 Å². The maximum absolute atomic E-state index is 12.6. The lowest BCUT2D eigenvalue weighted by Crippen LogP contribution is -2.39. The quantitative estimate of drug-likeness (QED) is 0.702. The van der Waals surface area contributed by atoms with Crippen molar-refractivity contribution in [2.24, 2.45) is 4.99 Å². The first kappa shape index (κ1) is 18.0. The number of nitrogens with zero attached hydrogens (tertiary/aromatic N) is 2. The number of amides is 1. The first-order valence-corrected chi connectivity index (χ1v) is 10.4. The fraction of sp³-hybridized carbons (Fsp3) is 0.500. The lowest BCUT2D eigenvalue weighted by Gasteiger charge is -2.16. The summed E-state index contributed by atoms with van der Waals surface area (Å²) in [4.78, 5) is 16.8. The van der Waals surface area contributed by atoms with Gasteiger partial charge in [0.1, 0.15) is 0 Å². The van der Waals surface area contributed by atoms with Gasteiger partial charge in [-0.05, 0) is 25.0 Å². The number of aliphatic imine (C=N–C) groups is 1. The van der Waals surface area contributed by atoms with Crippen LogP contribution in [0.3, 0.4) is 0 Å². The minimum atomic E-state index is -3.66. The van der Waals surface area contributed by atoms with E-state index in [9.17, 15) is 13.2 Å². The van der Waals surface area contributed by atoms with Crippen LogP contribution in [0.5, 0.6) is 0 Å². The van der Waals surface area contributed by atoms with E-state index in [4.69, 9.17) is 0 Å². The highest BCUT2D eigenvalue weighted by Crippen LogP contribution is 2.33. The van der Waals surface area contributed by atoms with E-state index in [0.29, 0.717) is 18.5 Å². The van der Waals surface area contributed by atoms with E-state index in [-0.39, 0.29) is 22.1 Å². The summed E-state index contributed by atoms with van der Waals surface area (Å²) in [5, 5.41) is -0.108. The Morgan fingerprint density at radius 3 is 2.48 bits per heavy atom. The van der Waals surface area contributed by atoms with Crippen molar-refractivity contribution in [3.05, 3.63) is 30.3 Å². The smallest absolute Gasteiger partial charge is 0.256 e. The predicted molar refractivity (Wildman–Crippen MR) is 95.4 cm³/mol. The maximum atomic E-state index is 12.6. The van der Waals surface area contributed by atoms with Gasteiger partial charge in [-0.25, -0.2) is 13.4 Å². The average molecular weight is 354 g/mol. The van der Waals surface area contributed by atoms with Gasteiger partial charge in [-0.2, -0.15) is 4.31 Å². The Morgan fingerprint density at radius 2 is 1.87 bits per heavy atom. The number of carbonyl (C=O) groups excluding carboxylic acids is 1. The third-order valence-electron chi connectivity index (χ3n) is 3.53. The molecule has 1 heterocycles. The van der Waals surface area contributed by atoms with Crippen LogP contribution in [-0.2, 0) is 14.8 Å². The molecule has 1 aliphatic rings. The van der Waals surface area contributed by atoms with Gasteiger partial charge >= 0.3 is 0 Å². The number of unbranched alkanes of at least 4 members (excludes halogenated alkanes) is 2. The molecule has 23 heavy (non-hydrogen) atoms. The molecule has 0 unspecified atom stereocenters. The molecule has 1 amide bonds. The minimum absolute atomic E-state index is 0.0165. The third kappa shape index (κ3) is 4.35. The highest BCUT2D eigenvalue weighted by atomic mass is 32.2. The van der Waals surface area contributed by atoms with E-state index >= 15 is 0 Å². The number of rotatable bonds is 7. The topological polar surface area (TPSA) is 66.8 Å². The lowest BCUT2D eigenvalue weighted by molar-refractivity contribution is -0.122. The van der Waals surface area contributed by atoms with Crippen LogP contribution < -0.4 is 0 Å². The zero-order valence-electron chi connectivity index (χ0n) is 13.4. The summed E-state index contributed by atoms with van der Waals surface area (Å²) in [6, 6.07) is 9.11. The Morgan fingerprint density at radius 1 is 1.17 bits per heavy atom. The van der Waals surface area contributed by atoms with Crippen molar-refractivity contribution in [3.8, 4) is 0 Å². The number of thioether (sulfide) groups is 1. The fourth-order valence-corrected chi connectivity index (χ4v) is 5.21. The Balaban J connectivity index is 2.32. The number of carbonyl (C=O) groups is 1. The van der Waals surface area contributed by atoms with E-state index in [1.807, 2.05) is 32.0 Å². The van der Waals surface area contributed by atoms with Crippen LogP contribution in [0.2, 0.25) is 0 Å². The first-order valence-electron chi connectivity index (χ1n) is 7.86. The molecule has 1 saturated heterocycles. The van der Waals surface area contributed by atoms with Gasteiger partial charge in [0.2, 0.25) is 10.0 Å². The van der Waals surface area contributed by atoms with Crippen LogP contribution in [-0.4, -0.2) is 34.8 Å². The molecule has 0 aliphatic carbocycles. The van der Waals surface area contributed by atoms with Crippen LogP contribution in [0, 0.1) is 0 Å². The molecule has 1 atom stereocenters. The molecule has 0 spiro atoms. The van der Waals surface area contributed by atoms with E-state index in [2.05, 4.69) is 4.99 Å². The van der Waals surface area contributed by atoms with Gasteiger partial charge in [-0.15, -0.1) is 0 Å². The maximum Gasteiger partial charge on any atom is 0.256 e. The van der Waals surface area contributed by atoms with Gasteiger partial charge in [0, 0.05) is 0 Å². The van der Waals surface area contributed by atoms with Crippen LogP contribution in [0.15, 0.2) is 35.3 Å². The molecule has 1 aliphatic heterocycles. The summed E-state index contributed by atoms with van der Waals surface area (Å²) in [5.74, 6) is -0.388. The van der Waals surface area contributed by atoms with Crippen LogP contribution >= 0.6 is 11.8 Å². The molecular weight excluding hydrogens is 332 g/mol. The number of hydrogen-bond donors (Lipinski definition) is 0. The molecule has 1 aromatic rings. The Bertz CT molecular complexity index is 672. The van der Waals surface area contributed by atoms with Crippen molar-refractivity contribution in [1.82, 2.24) is 4.31 Å². The molecule has 7 heteroatoms. The molecule has 1 aromatic carbocycles. The molecule has 0 radical (unpaired) electrons.